The van der Waals surface area contributed by atoms with Crippen LogP contribution in [0, 0.1) is 11.3 Å². The molecule has 1 aromatic rings. The van der Waals surface area contributed by atoms with Crippen LogP contribution in [0.15, 0.2) is 24.3 Å². The fraction of sp³-hybridized carbons (Fsp3) is 0.607. The minimum Gasteiger partial charge on any atom is -0.444 e. The zero-order valence-electron chi connectivity index (χ0n) is 23.3. The topological polar surface area (TPSA) is 135 Å². The summed E-state index contributed by atoms with van der Waals surface area (Å²) < 4.78 is 5.41. The minimum atomic E-state index is -0.941. The van der Waals surface area contributed by atoms with Crippen LogP contribution in [0.1, 0.15) is 68.9 Å². The van der Waals surface area contributed by atoms with Crippen molar-refractivity contribution in [3.05, 3.63) is 35.4 Å². The number of nitriles is 1. The quantitative estimate of drug-likeness (QED) is 0.540. The lowest BCUT2D eigenvalue weighted by Crippen LogP contribution is -2.59. The zero-order valence-corrected chi connectivity index (χ0v) is 23.3. The Morgan fingerprint density at radius 2 is 1.90 bits per heavy atom. The van der Waals surface area contributed by atoms with Crippen LogP contribution in [0.2, 0.25) is 0 Å². The number of piperazine rings is 1. The van der Waals surface area contributed by atoms with Crippen molar-refractivity contribution in [2.75, 3.05) is 26.7 Å². The van der Waals surface area contributed by atoms with Crippen molar-refractivity contribution in [2.24, 2.45) is 0 Å². The Balaban J connectivity index is 1.46. The van der Waals surface area contributed by atoms with Crippen molar-refractivity contribution < 1.29 is 23.9 Å². The van der Waals surface area contributed by atoms with Gasteiger partial charge in [0.1, 0.15) is 17.7 Å². The number of hydrogen-bond donors (Lipinski definition) is 2. The molecule has 0 saturated carbocycles. The van der Waals surface area contributed by atoms with Crippen molar-refractivity contribution in [3.63, 3.8) is 0 Å². The summed E-state index contributed by atoms with van der Waals surface area (Å²) >= 11 is 0. The van der Waals surface area contributed by atoms with E-state index in [1.807, 2.05) is 28.9 Å². The summed E-state index contributed by atoms with van der Waals surface area (Å²) in [5.41, 5.74) is 0.753. The molecule has 39 heavy (non-hydrogen) atoms. The van der Waals surface area contributed by atoms with E-state index in [1.54, 1.807) is 40.0 Å². The van der Waals surface area contributed by atoms with Gasteiger partial charge in [-0.15, -0.1) is 0 Å². The number of fused-ring (bicyclic) bond motifs is 2. The molecule has 1 unspecified atom stereocenters. The van der Waals surface area contributed by atoms with Gasteiger partial charge >= 0.3 is 6.09 Å². The molecule has 210 valence electrons. The molecule has 3 aliphatic rings. The number of hydrogen-bond acceptors (Lipinski definition) is 7. The Morgan fingerprint density at radius 3 is 2.49 bits per heavy atom. The summed E-state index contributed by atoms with van der Waals surface area (Å²) in [5.74, 6) is -0.518. The first-order valence-corrected chi connectivity index (χ1v) is 13.5. The summed E-state index contributed by atoms with van der Waals surface area (Å²) in [6, 6.07) is 7.35. The zero-order chi connectivity index (χ0) is 28.5. The van der Waals surface area contributed by atoms with Crippen LogP contribution in [-0.4, -0.2) is 95.0 Å². The van der Waals surface area contributed by atoms with Crippen molar-refractivity contribution >= 4 is 23.8 Å². The highest BCUT2D eigenvalue weighted by atomic mass is 16.6. The van der Waals surface area contributed by atoms with Gasteiger partial charge in [0.25, 0.3) is 5.91 Å². The SMILES string of the molecule is CNC(=O)c1ccc([C@@H](C)N2C(=O)[C@@H]3CC2CN3C[C@H](NC(=O)OC(C)(C)C)C(=O)N2CCC[C@H]2C#N)cc1. The number of rotatable bonds is 7. The van der Waals surface area contributed by atoms with E-state index in [0.717, 1.165) is 12.0 Å². The second-order valence-corrected chi connectivity index (χ2v) is 11.5. The summed E-state index contributed by atoms with van der Waals surface area (Å²) in [7, 11) is 1.58. The Kier molecular flexibility index (Phi) is 8.16. The van der Waals surface area contributed by atoms with Gasteiger partial charge in [-0.25, -0.2) is 4.79 Å². The lowest BCUT2D eigenvalue weighted by Gasteiger charge is -2.39. The maximum Gasteiger partial charge on any atom is 0.408 e. The Morgan fingerprint density at radius 1 is 1.21 bits per heavy atom. The molecule has 3 heterocycles. The molecule has 4 amide bonds. The van der Waals surface area contributed by atoms with Crippen LogP contribution >= 0.6 is 0 Å². The lowest BCUT2D eigenvalue weighted by atomic mass is 10.0. The molecule has 0 aromatic heterocycles. The average Bonchev–Trinajstić information content (AvgIpc) is 3.60. The van der Waals surface area contributed by atoms with Crippen molar-refractivity contribution in [1.29, 1.82) is 5.26 Å². The smallest absolute Gasteiger partial charge is 0.408 e. The maximum atomic E-state index is 13.5. The van der Waals surface area contributed by atoms with E-state index in [1.165, 1.54) is 4.90 Å². The number of nitrogens with zero attached hydrogens (tertiary/aromatic N) is 4. The van der Waals surface area contributed by atoms with Crippen molar-refractivity contribution in [3.8, 4) is 6.07 Å². The summed E-state index contributed by atoms with van der Waals surface area (Å²) in [6.45, 7) is 8.39. The van der Waals surface area contributed by atoms with Gasteiger partial charge in [-0.3, -0.25) is 19.3 Å². The Bertz CT molecular complexity index is 1160. The summed E-state index contributed by atoms with van der Waals surface area (Å²) in [4.78, 5) is 56.9. The third kappa shape index (κ3) is 6.01. The molecule has 2 bridgehead atoms. The van der Waals surface area contributed by atoms with E-state index >= 15 is 0 Å². The third-order valence-electron chi connectivity index (χ3n) is 7.70. The molecule has 11 nitrogen and oxygen atoms in total. The molecule has 3 saturated heterocycles. The second-order valence-electron chi connectivity index (χ2n) is 11.5. The number of benzene rings is 1. The van der Waals surface area contributed by atoms with Crippen LogP contribution < -0.4 is 10.6 Å². The molecular formula is C28H38N6O5. The van der Waals surface area contributed by atoms with E-state index < -0.39 is 29.8 Å². The predicted octanol–water partition coefficient (Wildman–Crippen LogP) is 1.80. The minimum absolute atomic E-state index is 0.0198. The summed E-state index contributed by atoms with van der Waals surface area (Å²) in [6.07, 6.45) is 1.26. The number of likely N-dealkylation sites (tertiary alicyclic amines) is 3. The molecule has 3 fully saturated rings. The Hall–Kier alpha value is -3.65. The molecule has 3 aliphatic heterocycles. The van der Waals surface area contributed by atoms with Gasteiger partial charge in [-0.1, -0.05) is 12.1 Å². The molecular weight excluding hydrogens is 500 g/mol. The van der Waals surface area contributed by atoms with Gasteiger partial charge in [0.05, 0.1) is 18.2 Å². The van der Waals surface area contributed by atoms with Gasteiger partial charge in [0.15, 0.2) is 0 Å². The molecule has 0 spiro atoms. The van der Waals surface area contributed by atoms with Crippen LogP contribution in [0.5, 0.6) is 0 Å². The normalized spacial score (nSPS) is 24.3. The maximum absolute atomic E-state index is 13.5. The van der Waals surface area contributed by atoms with E-state index in [0.29, 0.717) is 31.5 Å². The first kappa shape index (κ1) is 28.4. The van der Waals surface area contributed by atoms with E-state index in [-0.39, 0.29) is 36.3 Å². The third-order valence-corrected chi connectivity index (χ3v) is 7.70. The molecule has 2 N–H and O–H groups in total. The number of carbonyl (C=O) groups excluding carboxylic acids is 4. The first-order chi connectivity index (χ1) is 18.4. The van der Waals surface area contributed by atoms with Gasteiger partial charge in [0, 0.05) is 38.3 Å². The predicted molar refractivity (Wildman–Crippen MR) is 142 cm³/mol. The van der Waals surface area contributed by atoms with Gasteiger partial charge in [-0.2, -0.15) is 5.26 Å². The molecule has 0 radical (unpaired) electrons. The lowest BCUT2D eigenvalue weighted by molar-refractivity contribution is -0.141. The van der Waals surface area contributed by atoms with Crippen LogP contribution in [0.3, 0.4) is 0 Å². The first-order valence-electron chi connectivity index (χ1n) is 13.5. The average molecular weight is 539 g/mol. The molecule has 5 atom stereocenters. The monoisotopic (exact) mass is 538 g/mol. The van der Waals surface area contributed by atoms with E-state index in [4.69, 9.17) is 4.74 Å². The van der Waals surface area contributed by atoms with Crippen LogP contribution in [0.4, 0.5) is 4.79 Å². The number of ether oxygens (including phenoxy) is 1. The number of nitrogens with one attached hydrogen (secondary N) is 2. The van der Waals surface area contributed by atoms with Crippen molar-refractivity contribution in [1.82, 2.24) is 25.3 Å². The van der Waals surface area contributed by atoms with E-state index in [9.17, 15) is 24.4 Å². The molecule has 0 aliphatic carbocycles. The van der Waals surface area contributed by atoms with Crippen molar-refractivity contribution in [2.45, 2.75) is 82.8 Å². The largest absolute Gasteiger partial charge is 0.444 e. The summed E-state index contributed by atoms with van der Waals surface area (Å²) in [5, 5.41) is 14.8. The van der Waals surface area contributed by atoms with Gasteiger partial charge < -0.3 is 25.2 Å². The number of alkyl carbamates (subject to hydrolysis) is 1. The Labute approximate surface area is 229 Å². The molecule has 1 aromatic carbocycles. The van der Waals surface area contributed by atoms with Crippen LogP contribution in [-0.2, 0) is 14.3 Å². The van der Waals surface area contributed by atoms with Gasteiger partial charge in [0.2, 0.25) is 11.8 Å². The van der Waals surface area contributed by atoms with E-state index in [2.05, 4.69) is 16.7 Å². The fourth-order valence-corrected chi connectivity index (χ4v) is 5.85. The second kappa shape index (κ2) is 11.2. The standard InChI is InChI=1S/C28H38N6O5/c1-17(18-8-10-19(11-9-18)24(35)30-5)34-21-13-23(26(34)37)32(15-21)16-22(31-27(38)39-28(2,3)4)25(36)33-12-6-7-20(33)14-29/h8-11,17,20-23H,6-7,12-13,15-16H2,1-5H3,(H,30,35)(H,31,38)/t17-,20+,21?,22+,23+/m1/s1. The number of carbonyl (C=O) groups is 4. The van der Waals surface area contributed by atoms with Gasteiger partial charge in [-0.05, 0) is 64.7 Å². The highest BCUT2D eigenvalue weighted by Crippen LogP contribution is 2.38. The highest BCUT2D eigenvalue weighted by Gasteiger charge is 2.52. The molecule has 4 rings (SSSR count). The highest BCUT2D eigenvalue weighted by molar-refractivity contribution is 5.94. The fourth-order valence-electron chi connectivity index (χ4n) is 5.85. The molecule has 11 heteroatoms. The van der Waals surface area contributed by atoms with Crippen LogP contribution in [0.25, 0.3) is 0 Å². The number of amides is 4.